The summed E-state index contributed by atoms with van der Waals surface area (Å²) in [6, 6.07) is 12.7. The Hall–Kier alpha value is -0.970. The fourth-order valence-electron chi connectivity index (χ4n) is 2.03. The molecule has 0 aliphatic carbocycles. The maximum Gasteiger partial charge on any atom is 0.129 e. The minimum atomic E-state index is -0.291. The summed E-state index contributed by atoms with van der Waals surface area (Å²) in [5.74, 6) is -0.291. The van der Waals surface area contributed by atoms with Crippen LogP contribution in [0.4, 0.5) is 4.39 Å². The Labute approximate surface area is 133 Å². The number of aromatic nitrogens is 1. The molecule has 0 N–H and O–H groups in total. The average molecular weight is 371 g/mol. The van der Waals surface area contributed by atoms with Crippen molar-refractivity contribution < 1.29 is 4.39 Å². The molecule has 0 fully saturated rings. The van der Waals surface area contributed by atoms with Crippen molar-refractivity contribution in [3.8, 4) is 0 Å². The van der Waals surface area contributed by atoms with E-state index in [-0.39, 0.29) is 10.6 Å². The molecule has 1 unspecified atom stereocenters. The Morgan fingerprint density at radius 3 is 2.80 bits per heavy atom. The number of hydrogen-bond donors (Lipinski definition) is 0. The lowest BCUT2D eigenvalue weighted by Gasteiger charge is -2.09. The van der Waals surface area contributed by atoms with Gasteiger partial charge in [-0.25, -0.2) is 9.37 Å². The highest BCUT2D eigenvalue weighted by atomic mass is 79.9. The van der Waals surface area contributed by atoms with Crippen molar-refractivity contribution in [3.05, 3.63) is 63.9 Å². The average Bonchev–Trinajstić information content (AvgIpc) is 2.80. The van der Waals surface area contributed by atoms with Gasteiger partial charge in [0.25, 0.3) is 0 Å². The third-order valence-electron chi connectivity index (χ3n) is 2.99. The number of rotatable bonds is 3. The van der Waals surface area contributed by atoms with Crippen LogP contribution in [0.5, 0.6) is 0 Å². The van der Waals surface area contributed by atoms with Crippen molar-refractivity contribution in [2.24, 2.45) is 0 Å². The number of alkyl halides is 1. The van der Waals surface area contributed by atoms with Gasteiger partial charge in [0.1, 0.15) is 5.82 Å². The van der Waals surface area contributed by atoms with E-state index in [1.54, 1.807) is 23.5 Å². The molecular formula is C15H10BrClFNS. The molecule has 0 aliphatic heterocycles. The highest BCUT2D eigenvalue weighted by Crippen LogP contribution is 2.32. The molecule has 102 valence electrons. The summed E-state index contributed by atoms with van der Waals surface area (Å²) in [6.45, 7) is 0. The van der Waals surface area contributed by atoms with Gasteiger partial charge in [0.2, 0.25) is 0 Å². The van der Waals surface area contributed by atoms with Crippen LogP contribution in [-0.4, -0.2) is 4.98 Å². The lowest BCUT2D eigenvalue weighted by molar-refractivity contribution is 0.608. The van der Waals surface area contributed by atoms with Gasteiger partial charge < -0.3 is 0 Å². The van der Waals surface area contributed by atoms with E-state index in [1.807, 2.05) is 24.3 Å². The first kappa shape index (κ1) is 14.0. The lowest BCUT2D eigenvalue weighted by Crippen LogP contribution is -1.98. The van der Waals surface area contributed by atoms with E-state index in [1.165, 1.54) is 6.07 Å². The summed E-state index contributed by atoms with van der Waals surface area (Å²) in [6.07, 6.45) is 0.651. The van der Waals surface area contributed by atoms with Crippen LogP contribution in [0.1, 0.15) is 15.4 Å². The second-order valence-corrected chi connectivity index (χ2v) is 7.07. The minimum Gasteiger partial charge on any atom is -0.241 e. The van der Waals surface area contributed by atoms with E-state index in [9.17, 15) is 4.39 Å². The largest absolute Gasteiger partial charge is 0.241 e. The summed E-state index contributed by atoms with van der Waals surface area (Å²) in [5.41, 5.74) is 1.59. The van der Waals surface area contributed by atoms with Crippen LogP contribution < -0.4 is 0 Å². The summed E-state index contributed by atoms with van der Waals surface area (Å²) in [4.78, 5) is 4.45. The molecule has 3 aromatic rings. The molecule has 1 aromatic heterocycles. The SMILES string of the molecule is Fc1cc(Cl)ccc1C(Br)Cc1nc2ccccc2s1. The van der Waals surface area contributed by atoms with Gasteiger partial charge in [-0.3, -0.25) is 0 Å². The van der Waals surface area contributed by atoms with E-state index < -0.39 is 0 Å². The third kappa shape index (κ3) is 2.87. The Kier molecular flexibility index (Phi) is 4.06. The lowest BCUT2D eigenvalue weighted by atomic mass is 10.1. The monoisotopic (exact) mass is 369 g/mol. The van der Waals surface area contributed by atoms with Crippen LogP contribution in [0.15, 0.2) is 42.5 Å². The van der Waals surface area contributed by atoms with Gasteiger partial charge in [0, 0.05) is 21.8 Å². The fraction of sp³-hybridized carbons (Fsp3) is 0.133. The fourth-order valence-corrected chi connectivity index (χ4v) is 4.09. The number of hydrogen-bond acceptors (Lipinski definition) is 2. The molecule has 1 atom stereocenters. The first-order valence-electron chi connectivity index (χ1n) is 6.07. The van der Waals surface area contributed by atoms with Crippen LogP contribution in [0.2, 0.25) is 5.02 Å². The molecule has 1 heterocycles. The van der Waals surface area contributed by atoms with Crippen LogP contribution in [0, 0.1) is 5.82 Å². The van der Waals surface area contributed by atoms with Gasteiger partial charge >= 0.3 is 0 Å². The molecular weight excluding hydrogens is 361 g/mol. The summed E-state index contributed by atoms with van der Waals surface area (Å²) >= 11 is 10.9. The van der Waals surface area contributed by atoms with Crippen molar-refractivity contribution in [1.29, 1.82) is 0 Å². The smallest absolute Gasteiger partial charge is 0.129 e. The molecule has 0 bridgehead atoms. The maximum absolute atomic E-state index is 13.9. The van der Waals surface area contributed by atoms with Gasteiger partial charge in [-0.15, -0.1) is 11.3 Å². The predicted molar refractivity (Wildman–Crippen MR) is 86.4 cm³/mol. The zero-order valence-electron chi connectivity index (χ0n) is 10.3. The first-order valence-corrected chi connectivity index (χ1v) is 8.18. The molecule has 0 aliphatic rings. The topological polar surface area (TPSA) is 12.9 Å². The Morgan fingerprint density at radius 1 is 1.25 bits per heavy atom. The summed E-state index contributed by atoms with van der Waals surface area (Å²) in [7, 11) is 0. The standard InChI is InChI=1S/C15H10BrClFNS/c16-11(10-6-5-9(17)7-12(10)18)8-15-19-13-3-1-2-4-14(13)20-15/h1-7,11H,8H2. The Balaban J connectivity index is 1.86. The molecule has 2 aromatic carbocycles. The Bertz CT molecular complexity index is 725. The van der Waals surface area contributed by atoms with Crippen molar-refractivity contribution in [1.82, 2.24) is 4.98 Å². The molecule has 0 saturated heterocycles. The molecule has 0 amide bonds. The van der Waals surface area contributed by atoms with Gasteiger partial charge in [0.15, 0.2) is 0 Å². The van der Waals surface area contributed by atoms with Crippen molar-refractivity contribution in [3.63, 3.8) is 0 Å². The van der Waals surface area contributed by atoms with E-state index in [0.29, 0.717) is 17.0 Å². The molecule has 0 radical (unpaired) electrons. The van der Waals surface area contributed by atoms with Crippen LogP contribution >= 0.6 is 38.9 Å². The molecule has 5 heteroatoms. The first-order chi connectivity index (χ1) is 9.63. The van der Waals surface area contributed by atoms with Crippen LogP contribution in [0.3, 0.4) is 0 Å². The zero-order valence-corrected chi connectivity index (χ0v) is 13.5. The van der Waals surface area contributed by atoms with E-state index in [4.69, 9.17) is 11.6 Å². The van der Waals surface area contributed by atoms with E-state index in [2.05, 4.69) is 20.9 Å². The quantitative estimate of drug-likeness (QED) is 0.533. The summed E-state index contributed by atoms with van der Waals surface area (Å²) in [5, 5.41) is 1.40. The minimum absolute atomic E-state index is 0.111. The number of benzene rings is 2. The maximum atomic E-state index is 13.9. The van der Waals surface area contributed by atoms with Gasteiger partial charge in [0.05, 0.1) is 15.2 Å². The zero-order chi connectivity index (χ0) is 14.1. The molecule has 20 heavy (non-hydrogen) atoms. The molecule has 0 spiro atoms. The van der Waals surface area contributed by atoms with Gasteiger partial charge in [-0.1, -0.05) is 45.7 Å². The van der Waals surface area contributed by atoms with Gasteiger partial charge in [-0.2, -0.15) is 0 Å². The molecule has 3 rings (SSSR count). The normalized spacial score (nSPS) is 12.8. The number of halogens is 3. The number of nitrogens with zero attached hydrogens (tertiary/aromatic N) is 1. The molecule has 0 saturated carbocycles. The van der Waals surface area contributed by atoms with Crippen molar-refractivity contribution in [2.75, 3.05) is 0 Å². The van der Waals surface area contributed by atoms with Crippen LogP contribution in [0.25, 0.3) is 10.2 Å². The number of para-hydroxylation sites is 1. The second-order valence-electron chi connectivity index (χ2n) is 4.41. The highest BCUT2D eigenvalue weighted by Gasteiger charge is 2.15. The predicted octanol–water partition coefficient (Wildman–Crippen LogP) is 5.77. The highest BCUT2D eigenvalue weighted by molar-refractivity contribution is 9.09. The van der Waals surface area contributed by atoms with Crippen LogP contribution in [-0.2, 0) is 6.42 Å². The Morgan fingerprint density at radius 2 is 2.05 bits per heavy atom. The number of thiazole rings is 1. The van der Waals surface area contributed by atoms with Crippen molar-refractivity contribution in [2.45, 2.75) is 11.2 Å². The van der Waals surface area contributed by atoms with E-state index in [0.717, 1.165) is 15.2 Å². The summed E-state index contributed by atoms with van der Waals surface area (Å²) < 4.78 is 15.0. The van der Waals surface area contributed by atoms with Crippen molar-refractivity contribution >= 4 is 49.1 Å². The van der Waals surface area contributed by atoms with Gasteiger partial charge in [-0.05, 0) is 24.3 Å². The number of fused-ring (bicyclic) bond motifs is 1. The third-order valence-corrected chi connectivity index (χ3v) is 5.10. The second kappa shape index (κ2) is 5.80. The molecule has 1 nitrogen and oxygen atoms in total. The van der Waals surface area contributed by atoms with E-state index >= 15 is 0 Å².